The molecule has 0 unspecified atom stereocenters. The van der Waals surface area contributed by atoms with Crippen LogP contribution in [0, 0.1) is 0 Å². The number of phenolic OH excluding ortho intramolecular Hbond substituents is 1. The third-order valence-electron chi connectivity index (χ3n) is 3.85. The minimum Gasteiger partial charge on any atom is -0.508 e. The Morgan fingerprint density at radius 1 is 1.05 bits per heavy atom. The topological polar surface area (TPSA) is 46.5 Å². The van der Waals surface area contributed by atoms with Crippen molar-refractivity contribution in [2.75, 3.05) is 6.61 Å². The molecule has 1 N–H and O–H groups in total. The molecule has 3 heteroatoms. The van der Waals surface area contributed by atoms with Crippen molar-refractivity contribution >= 4 is 5.78 Å². The van der Waals surface area contributed by atoms with E-state index in [1.165, 1.54) is 5.56 Å². The molecule has 0 bridgehead atoms. The lowest BCUT2D eigenvalue weighted by Crippen LogP contribution is -2.16. The SMILES string of the molecule is O=C1CCOc2c1ccc(O)c2CCCc1ccccc1. The Balaban J connectivity index is 1.76. The second-order valence-electron chi connectivity index (χ2n) is 5.30. The maximum Gasteiger partial charge on any atom is 0.170 e. The van der Waals surface area contributed by atoms with Crippen LogP contribution in [-0.4, -0.2) is 17.5 Å². The van der Waals surface area contributed by atoms with Crippen molar-refractivity contribution in [2.45, 2.75) is 25.7 Å². The van der Waals surface area contributed by atoms with Gasteiger partial charge in [-0.05, 0) is 37.0 Å². The molecule has 0 atom stereocenters. The Kier molecular flexibility index (Phi) is 3.91. The van der Waals surface area contributed by atoms with Crippen molar-refractivity contribution in [2.24, 2.45) is 0 Å². The van der Waals surface area contributed by atoms with Crippen LogP contribution in [0.25, 0.3) is 0 Å². The summed E-state index contributed by atoms with van der Waals surface area (Å²) in [6.45, 7) is 0.404. The van der Waals surface area contributed by atoms with Crippen LogP contribution >= 0.6 is 0 Å². The van der Waals surface area contributed by atoms with E-state index in [2.05, 4.69) is 12.1 Å². The highest BCUT2D eigenvalue weighted by Gasteiger charge is 2.23. The molecule has 0 spiro atoms. The van der Waals surface area contributed by atoms with Gasteiger partial charge in [0.15, 0.2) is 5.78 Å². The Bertz CT molecular complexity index is 647. The van der Waals surface area contributed by atoms with Gasteiger partial charge in [-0.1, -0.05) is 30.3 Å². The quantitative estimate of drug-likeness (QED) is 0.933. The molecule has 0 aromatic heterocycles. The summed E-state index contributed by atoms with van der Waals surface area (Å²) < 4.78 is 5.63. The highest BCUT2D eigenvalue weighted by atomic mass is 16.5. The number of rotatable bonds is 4. The van der Waals surface area contributed by atoms with Crippen molar-refractivity contribution in [1.29, 1.82) is 0 Å². The average molecular weight is 282 g/mol. The van der Waals surface area contributed by atoms with Gasteiger partial charge in [0, 0.05) is 12.0 Å². The number of hydrogen-bond acceptors (Lipinski definition) is 3. The molecule has 2 aromatic carbocycles. The first-order valence-electron chi connectivity index (χ1n) is 7.30. The first kappa shape index (κ1) is 13.7. The second kappa shape index (κ2) is 6.00. The number of aryl methyl sites for hydroxylation is 1. The Morgan fingerprint density at radius 3 is 2.67 bits per heavy atom. The van der Waals surface area contributed by atoms with Crippen molar-refractivity contribution in [3.05, 3.63) is 59.2 Å². The largest absolute Gasteiger partial charge is 0.508 e. The van der Waals surface area contributed by atoms with Crippen molar-refractivity contribution in [3.8, 4) is 11.5 Å². The zero-order valence-electron chi connectivity index (χ0n) is 11.8. The molecule has 0 fully saturated rings. The molecule has 1 aliphatic rings. The molecule has 0 radical (unpaired) electrons. The van der Waals surface area contributed by atoms with Crippen molar-refractivity contribution < 1.29 is 14.6 Å². The lowest BCUT2D eigenvalue weighted by molar-refractivity contribution is 0.0932. The van der Waals surface area contributed by atoms with Crippen LogP contribution in [-0.2, 0) is 12.8 Å². The zero-order valence-corrected chi connectivity index (χ0v) is 11.8. The van der Waals surface area contributed by atoms with Gasteiger partial charge in [0.2, 0.25) is 0 Å². The fourth-order valence-corrected chi connectivity index (χ4v) is 2.74. The van der Waals surface area contributed by atoms with Gasteiger partial charge in [0.1, 0.15) is 11.5 Å². The Morgan fingerprint density at radius 2 is 1.86 bits per heavy atom. The zero-order chi connectivity index (χ0) is 14.7. The molecule has 108 valence electrons. The predicted molar refractivity (Wildman–Crippen MR) is 81.0 cm³/mol. The van der Waals surface area contributed by atoms with E-state index in [9.17, 15) is 9.90 Å². The van der Waals surface area contributed by atoms with Crippen molar-refractivity contribution in [3.63, 3.8) is 0 Å². The summed E-state index contributed by atoms with van der Waals surface area (Å²) in [5.74, 6) is 0.899. The van der Waals surface area contributed by atoms with E-state index in [4.69, 9.17) is 4.74 Å². The number of ketones is 1. The van der Waals surface area contributed by atoms with E-state index in [1.54, 1.807) is 12.1 Å². The molecule has 2 aromatic rings. The first-order chi connectivity index (χ1) is 10.3. The van der Waals surface area contributed by atoms with Gasteiger partial charge in [-0.25, -0.2) is 0 Å². The maximum atomic E-state index is 11.9. The summed E-state index contributed by atoms with van der Waals surface area (Å²) in [5.41, 5.74) is 2.64. The number of benzene rings is 2. The molecular formula is C18H18O3. The van der Waals surface area contributed by atoms with Crippen LogP contribution in [0.4, 0.5) is 0 Å². The van der Waals surface area contributed by atoms with E-state index in [1.807, 2.05) is 18.2 Å². The molecule has 3 rings (SSSR count). The highest BCUT2D eigenvalue weighted by Crippen LogP contribution is 2.35. The normalized spacial score (nSPS) is 13.6. The number of Topliss-reactive ketones (excluding diaryl/α,β-unsaturated/α-hetero) is 1. The van der Waals surface area contributed by atoms with Gasteiger partial charge >= 0.3 is 0 Å². The molecule has 1 heterocycles. The standard InChI is InChI=1S/C18H18O3/c19-16-10-9-15-17(20)11-12-21-18(15)14(16)8-4-7-13-5-2-1-3-6-13/h1-3,5-6,9-10,19H,4,7-8,11-12H2. The lowest BCUT2D eigenvalue weighted by Gasteiger charge is -2.20. The summed E-state index contributed by atoms with van der Waals surface area (Å²) in [5, 5.41) is 10.1. The number of hydrogen-bond donors (Lipinski definition) is 1. The molecular weight excluding hydrogens is 264 g/mol. The fraction of sp³-hybridized carbons (Fsp3) is 0.278. The molecule has 1 aliphatic heterocycles. The maximum absolute atomic E-state index is 11.9. The third-order valence-corrected chi connectivity index (χ3v) is 3.85. The molecule has 3 nitrogen and oxygen atoms in total. The summed E-state index contributed by atoms with van der Waals surface area (Å²) in [4.78, 5) is 11.9. The van der Waals surface area contributed by atoms with Gasteiger partial charge < -0.3 is 9.84 Å². The third kappa shape index (κ3) is 2.92. The number of phenols is 1. The molecule has 21 heavy (non-hydrogen) atoms. The fourth-order valence-electron chi connectivity index (χ4n) is 2.74. The Hall–Kier alpha value is -2.29. The molecule has 0 saturated heterocycles. The van der Waals surface area contributed by atoms with Gasteiger partial charge in [-0.15, -0.1) is 0 Å². The van der Waals surface area contributed by atoms with Crippen LogP contribution < -0.4 is 4.74 Å². The highest BCUT2D eigenvalue weighted by molar-refractivity contribution is 6.00. The van der Waals surface area contributed by atoms with Crippen molar-refractivity contribution in [1.82, 2.24) is 0 Å². The minimum atomic E-state index is 0.0977. The van der Waals surface area contributed by atoms with E-state index in [-0.39, 0.29) is 11.5 Å². The van der Waals surface area contributed by atoms with E-state index < -0.39 is 0 Å². The number of aromatic hydroxyl groups is 1. The number of carbonyl (C=O) groups is 1. The average Bonchev–Trinajstić information content (AvgIpc) is 2.51. The van der Waals surface area contributed by atoms with Crippen LogP contribution in [0.5, 0.6) is 11.5 Å². The van der Waals surface area contributed by atoms with E-state index in [0.717, 1.165) is 18.4 Å². The van der Waals surface area contributed by atoms with Crippen LogP contribution in [0.3, 0.4) is 0 Å². The van der Waals surface area contributed by atoms with Crippen LogP contribution in [0.1, 0.15) is 34.3 Å². The second-order valence-corrected chi connectivity index (χ2v) is 5.30. The van der Waals surface area contributed by atoms with E-state index >= 15 is 0 Å². The predicted octanol–water partition coefficient (Wildman–Crippen LogP) is 3.53. The number of fused-ring (bicyclic) bond motifs is 1. The minimum absolute atomic E-state index is 0.0977. The van der Waals surface area contributed by atoms with Gasteiger partial charge in [-0.3, -0.25) is 4.79 Å². The number of ether oxygens (including phenoxy) is 1. The van der Waals surface area contributed by atoms with Gasteiger partial charge in [0.05, 0.1) is 12.2 Å². The molecule has 0 amide bonds. The summed E-state index contributed by atoms with van der Waals surface area (Å²) >= 11 is 0. The summed E-state index contributed by atoms with van der Waals surface area (Å²) in [6, 6.07) is 13.5. The summed E-state index contributed by atoms with van der Waals surface area (Å²) in [7, 11) is 0. The number of carbonyl (C=O) groups excluding carboxylic acids is 1. The summed E-state index contributed by atoms with van der Waals surface area (Å²) in [6.07, 6.45) is 2.97. The molecule has 0 aliphatic carbocycles. The van der Waals surface area contributed by atoms with Crippen LogP contribution in [0.2, 0.25) is 0 Å². The van der Waals surface area contributed by atoms with Gasteiger partial charge in [0.25, 0.3) is 0 Å². The Labute approximate surface area is 124 Å². The van der Waals surface area contributed by atoms with Gasteiger partial charge in [-0.2, -0.15) is 0 Å². The first-order valence-corrected chi connectivity index (χ1v) is 7.30. The lowest BCUT2D eigenvalue weighted by atomic mass is 9.96. The molecule has 0 saturated carbocycles. The smallest absolute Gasteiger partial charge is 0.170 e. The van der Waals surface area contributed by atoms with E-state index in [0.29, 0.717) is 30.8 Å². The monoisotopic (exact) mass is 282 g/mol. The van der Waals surface area contributed by atoms with Crippen LogP contribution in [0.15, 0.2) is 42.5 Å².